The molecule has 192 valence electrons. The van der Waals surface area contributed by atoms with Gasteiger partial charge in [-0.05, 0) is 60.9 Å². The van der Waals surface area contributed by atoms with Crippen LogP contribution in [-0.4, -0.2) is 42.6 Å². The fourth-order valence-electron chi connectivity index (χ4n) is 3.62. The number of halogens is 2. The normalized spacial score (nSPS) is 10.5. The standard InChI is InChI=1S/C28H26Cl2N2O5/c1-17-7-5-8-18(2)26(17)37-28(36)24(33)15-25(34)32(16-19-11-12-22(29)23(30)13-19)21-10-6-9-20(14-21)27(35)31(3)4/h5-14H,15-16H2,1-4H3. The Balaban J connectivity index is 1.88. The van der Waals surface area contributed by atoms with Crippen LogP contribution in [0.1, 0.15) is 33.5 Å². The molecule has 0 bridgehead atoms. The molecule has 9 heteroatoms. The number of carbonyl (C=O) groups is 4. The number of aryl methyl sites for hydroxylation is 2. The number of amides is 2. The molecule has 0 atom stereocenters. The topological polar surface area (TPSA) is 84.0 Å². The third-order valence-corrected chi connectivity index (χ3v) is 6.32. The summed E-state index contributed by atoms with van der Waals surface area (Å²) in [5, 5.41) is 0.655. The van der Waals surface area contributed by atoms with Crippen LogP contribution in [0.25, 0.3) is 0 Å². The SMILES string of the molecule is Cc1cccc(C)c1OC(=O)C(=O)CC(=O)N(Cc1ccc(Cl)c(Cl)c1)c1cccc(C(=O)N(C)C)c1. The van der Waals surface area contributed by atoms with E-state index in [2.05, 4.69) is 0 Å². The van der Waals surface area contributed by atoms with Gasteiger partial charge in [0.1, 0.15) is 5.75 Å². The highest BCUT2D eigenvalue weighted by molar-refractivity contribution is 6.42. The molecule has 0 aliphatic heterocycles. The summed E-state index contributed by atoms with van der Waals surface area (Å²) in [5.41, 5.74) is 2.75. The Bertz CT molecular complexity index is 1350. The van der Waals surface area contributed by atoms with E-state index in [0.717, 1.165) is 0 Å². The van der Waals surface area contributed by atoms with Crippen LogP contribution < -0.4 is 9.64 Å². The van der Waals surface area contributed by atoms with Gasteiger partial charge in [-0.1, -0.05) is 53.5 Å². The van der Waals surface area contributed by atoms with Crippen molar-refractivity contribution >= 4 is 52.5 Å². The number of ether oxygens (including phenoxy) is 1. The second kappa shape index (κ2) is 12.0. The van der Waals surface area contributed by atoms with Crippen LogP contribution in [-0.2, 0) is 20.9 Å². The van der Waals surface area contributed by atoms with Gasteiger partial charge < -0.3 is 14.5 Å². The summed E-state index contributed by atoms with van der Waals surface area (Å²) in [6.45, 7) is 3.53. The maximum absolute atomic E-state index is 13.4. The number of nitrogens with zero attached hydrogens (tertiary/aromatic N) is 2. The maximum atomic E-state index is 13.4. The van der Waals surface area contributed by atoms with E-state index < -0.39 is 24.1 Å². The molecule has 3 aromatic rings. The zero-order valence-electron chi connectivity index (χ0n) is 20.9. The molecule has 0 aliphatic carbocycles. The van der Waals surface area contributed by atoms with Crippen molar-refractivity contribution < 1.29 is 23.9 Å². The van der Waals surface area contributed by atoms with Crippen molar-refractivity contribution in [1.29, 1.82) is 0 Å². The first-order valence-electron chi connectivity index (χ1n) is 11.3. The molecule has 0 spiro atoms. The molecule has 0 fully saturated rings. The highest BCUT2D eigenvalue weighted by Gasteiger charge is 2.26. The molecule has 0 heterocycles. The molecule has 37 heavy (non-hydrogen) atoms. The van der Waals surface area contributed by atoms with Gasteiger partial charge >= 0.3 is 5.97 Å². The number of carbonyl (C=O) groups excluding carboxylic acids is 4. The smallest absolute Gasteiger partial charge is 0.380 e. The fourth-order valence-corrected chi connectivity index (χ4v) is 3.94. The van der Waals surface area contributed by atoms with E-state index in [9.17, 15) is 19.2 Å². The summed E-state index contributed by atoms with van der Waals surface area (Å²) in [5.74, 6) is -2.74. The Hall–Kier alpha value is -3.68. The molecule has 2 amide bonds. The summed E-state index contributed by atoms with van der Waals surface area (Å²) in [7, 11) is 3.24. The van der Waals surface area contributed by atoms with Gasteiger partial charge in [-0.25, -0.2) is 4.79 Å². The first-order chi connectivity index (χ1) is 17.5. The summed E-state index contributed by atoms with van der Waals surface area (Å²) in [4.78, 5) is 53.8. The molecular weight excluding hydrogens is 515 g/mol. The largest absolute Gasteiger partial charge is 0.420 e. The first kappa shape index (κ1) is 27.9. The van der Waals surface area contributed by atoms with Crippen LogP contribution in [0, 0.1) is 13.8 Å². The van der Waals surface area contributed by atoms with Gasteiger partial charge in [-0.3, -0.25) is 14.4 Å². The maximum Gasteiger partial charge on any atom is 0.380 e. The quantitative estimate of drug-likeness (QED) is 0.165. The first-order valence-corrected chi connectivity index (χ1v) is 12.1. The van der Waals surface area contributed by atoms with Crippen LogP contribution in [0.3, 0.4) is 0 Å². The Labute approximate surface area is 225 Å². The van der Waals surface area contributed by atoms with Crippen LogP contribution >= 0.6 is 23.2 Å². The number of Topliss-reactive ketones (excluding diaryl/α,β-unsaturated/α-hetero) is 1. The van der Waals surface area contributed by atoms with Crippen molar-refractivity contribution in [3.05, 3.63) is 93.0 Å². The monoisotopic (exact) mass is 540 g/mol. The van der Waals surface area contributed by atoms with Gasteiger partial charge in [0.25, 0.3) is 5.91 Å². The van der Waals surface area contributed by atoms with Crippen LogP contribution in [0.15, 0.2) is 60.7 Å². The summed E-state index contributed by atoms with van der Waals surface area (Å²) in [6, 6.07) is 16.7. The Morgan fingerprint density at radius 3 is 2.11 bits per heavy atom. The van der Waals surface area contributed by atoms with Crippen molar-refractivity contribution in [2.24, 2.45) is 0 Å². The minimum Gasteiger partial charge on any atom is -0.420 e. The second-order valence-electron chi connectivity index (χ2n) is 8.69. The average Bonchev–Trinajstić information content (AvgIpc) is 2.86. The van der Waals surface area contributed by atoms with Crippen LogP contribution in [0.2, 0.25) is 10.0 Å². The molecular formula is C28H26Cl2N2O5. The number of hydrogen-bond donors (Lipinski definition) is 0. The van der Waals surface area contributed by atoms with Crippen molar-refractivity contribution in [3.8, 4) is 5.75 Å². The van der Waals surface area contributed by atoms with Crippen molar-refractivity contribution in [2.45, 2.75) is 26.8 Å². The lowest BCUT2D eigenvalue weighted by molar-refractivity contribution is -0.148. The molecule has 0 saturated carbocycles. The predicted octanol–water partition coefficient (Wildman–Crippen LogP) is 5.41. The molecule has 7 nitrogen and oxygen atoms in total. The van der Waals surface area contributed by atoms with Gasteiger partial charge in [0, 0.05) is 25.3 Å². The molecule has 0 saturated heterocycles. The third kappa shape index (κ3) is 6.96. The van der Waals surface area contributed by atoms with E-state index in [4.69, 9.17) is 27.9 Å². The van der Waals surface area contributed by atoms with Crippen LogP contribution in [0.5, 0.6) is 5.75 Å². The summed E-state index contributed by atoms with van der Waals surface area (Å²) >= 11 is 12.2. The molecule has 0 aliphatic rings. The number of esters is 1. The molecule has 0 radical (unpaired) electrons. The Kier molecular flexibility index (Phi) is 9.08. The second-order valence-corrected chi connectivity index (χ2v) is 9.50. The number of benzene rings is 3. The Morgan fingerprint density at radius 1 is 0.838 bits per heavy atom. The third-order valence-electron chi connectivity index (χ3n) is 5.58. The van der Waals surface area contributed by atoms with Gasteiger partial charge in [-0.15, -0.1) is 0 Å². The fraction of sp³-hybridized carbons (Fsp3) is 0.214. The van der Waals surface area contributed by atoms with Gasteiger partial charge in [0.2, 0.25) is 11.7 Å². The number of rotatable bonds is 8. The number of hydrogen-bond acceptors (Lipinski definition) is 5. The zero-order valence-corrected chi connectivity index (χ0v) is 22.4. The van der Waals surface area contributed by atoms with E-state index in [1.165, 1.54) is 9.80 Å². The van der Waals surface area contributed by atoms with Crippen LogP contribution in [0.4, 0.5) is 5.69 Å². The van der Waals surface area contributed by atoms with E-state index in [1.807, 2.05) is 6.07 Å². The molecule has 0 aromatic heterocycles. The minimum atomic E-state index is -1.13. The predicted molar refractivity (Wildman–Crippen MR) is 143 cm³/mol. The minimum absolute atomic E-state index is 0.0224. The summed E-state index contributed by atoms with van der Waals surface area (Å²) in [6.07, 6.45) is -0.725. The number of para-hydroxylation sites is 1. The lowest BCUT2D eigenvalue weighted by Crippen LogP contribution is -2.35. The highest BCUT2D eigenvalue weighted by Crippen LogP contribution is 2.26. The number of anilines is 1. The van der Waals surface area contributed by atoms with Gasteiger partial charge in [0.05, 0.1) is 23.0 Å². The van der Waals surface area contributed by atoms with Crippen molar-refractivity contribution in [1.82, 2.24) is 4.90 Å². The highest BCUT2D eigenvalue weighted by atomic mass is 35.5. The van der Waals surface area contributed by atoms with Crippen molar-refractivity contribution in [3.63, 3.8) is 0 Å². The van der Waals surface area contributed by atoms with Crippen molar-refractivity contribution in [2.75, 3.05) is 19.0 Å². The molecule has 0 N–H and O–H groups in total. The van der Waals surface area contributed by atoms with E-state index >= 15 is 0 Å². The number of ketones is 1. The van der Waals surface area contributed by atoms with Gasteiger partial charge in [-0.2, -0.15) is 0 Å². The van der Waals surface area contributed by atoms with Gasteiger partial charge in [0.15, 0.2) is 0 Å². The molecule has 3 aromatic carbocycles. The zero-order chi connectivity index (χ0) is 27.3. The van der Waals surface area contributed by atoms with E-state index in [0.29, 0.717) is 38.0 Å². The Morgan fingerprint density at radius 2 is 1.49 bits per heavy atom. The average molecular weight is 541 g/mol. The lowest BCUT2D eigenvalue weighted by atomic mass is 10.1. The summed E-state index contributed by atoms with van der Waals surface area (Å²) < 4.78 is 5.31. The van der Waals surface area contributed by atoms with E-state index in [1.54, 1.807) is 82.5 Å². The van der Waals surface area contributed by atoms with E-state index in [-0.39, 0.29) is 18.2 Å². The molecule has 3 rings (SSSR count). The lowest BCUT2D eigenvalue weighted by Gasteiger charge is -2.24. The molecule has 0 unspecified atom stereocenters.